The van der Waals surface area contributed by atoms with Gasteiger partial charge in [-0.1, -0.05) is 24.3 Å². The number of hydrogen-bond acceptors (Lipinski definition) is 4. The molecule has 2 aromatic rings. The Morgan fingerprint density at radius 1 is 1.10 bits per heavy atom. The summed E-state index contributed by atoms with van der Waals surface area (Å²) in [5.74, 6) is 1.68. The van der Waals surface area contributed by atoms with Gasteiger partial charge < -0.3 is 19.7 Å². The summed E-state index contributed by atoms with van der Waals surface area (Å²) < 4.78 is 11.3. The number of ether oxygens (including phenoxy) is 2. The molecule has 2 aromatic carbocycles. The summed E-state index contributed by atoms with van der Waals surface area (Å²) in [6.45, 7) is 1.95. The van der Waals surface area contributed by atoms with Crippen molar-refractivity contribution in [3.63, 3.8) is 0 Å². The Morgan fingerprint density at radius 2 is 1.94 bits per heavy atom. The fraction of sp³-hybridized carbons (Fsp3) is 0.440. The Morgan fingerprint density at radius 3 is 2.74 bits per heavy atom. The molecule has 1 saturated heterocycles. The number of benzene rings is 2. The van der Waals surface area contributed by atoms with E-state index in [1.165, 1.54) is 0 Å². The highest BCUT2D eigenvalue weighted by molar-refractivity contribution is 5.97. The molecule has 1 N–H and O–H groups in total. The molecule has 1 saturated carbocycles. The van der Waals surface area contributed by atoms with Gasteiger partial charge in [-0.15, -0.1) is 0 Å². The Bertz CT molecular complexity index is 925. The van der Waals surface area contributed by atoms with Gasteiger partial charge in [0.05, 0.1) is 25.7 Å². The van der Waals surface area contributed by atoms with Crippen molar-refractivity contribution < 1.29 is 19.1 Å². The lowest BCUT2D eigenvalue weighted by Crippen LogP contribution is -2.42. The lowest BCUT2D eigenvalue weighted by Gasteiger charge is -2.33. The van der Waals surface area contributed by atoms with Crippen LogP contribution >= 0.6 is 0 Å². The molecule has 1 unspecified atom stereocenters. The van der Waals surface area contributed by atoms with Crippen LogP contribution in [-0.4, -0.2) is 49.6 Å². The minimum atomic E-state index is -0.0724. The van der Waals surface area contributed by atoms with E-state index in [2.05, 4.69) is 5.32 Å². The zero-order chi connectivity index (χ0) is 21.6. The minimum absolute atomic E-state index is 0.0724. The maximum atomic E-state index is 12.8. The molecule has 0 aromatic heterocycles. The van der Waals surface area contributed by atoms with Crippen LogP contribution in [0.5, 0.6) is 11.5 Å². The van der Waals surface area contributed by atoms with Crippen molar-refractivity contribution in [1.29, 1.82) is 0 Å². The van der Waals surface area contributed by atoms with E-state index in [0.29, 0.717) is 36.9 Å². The van der Waals surface area contributed by atoms with E-state index < -0.39 is 0 Å². The molecular weight excluding hydrogens is 392 g/mol. The Kier molecular flexibility index (Phi) is 6.75. The molecule has 2 aliphatic rings. The Hall–Kier alpha value is -3.02. The lowest BCUT2D eigenvalue weighted by atomic mass is 9.98. The average molecular weight is 423 g/mol. The molecule has 164 valence electrons. The predicted molar refractivity (Wildman–Crippen MR) is 118 cm³/mol. The highest BCUT2D eigenvalue weighted by Gasteiger charge is 2.27. The minimum Gasteiger partial charge on any atom is -0.497 e. The van der Waals surface area contributed by atoms with Crippen molar-refractivity contribution in [2.75, 3.05) is 26.8 Å². The van der Waals surface area contributed by atoms with Crippen LogP contribution in [0.25, 0.3) is 0 Å². The van der Waals surface area contributed by atoms with E-state index in [4.69, 9.17) is 9.47 Å². The number of methoxy groups -OCH3 is 1. The van der Waals surface area contributed by atoms with Gasteiger partial charge in [-0.3, -0.25) is 9.59 Å². The molecule has 0 spiro atoms. The van der Waals surface area contributed by atoms with Gasteiger partial charge in [-0.05, 0) is 55.5 Å². The fourth-order valence-corrected chi connectivity index (χ4v) is 3.98. The molecule has 0 bridgehead atoms. The third-order valence-corrected chi connectivity index (χ3v) is 5.88. The van der Waals surface area contributed by atoms with E-state index in [-0.39, 0.29) is 17.7 Å². The molecule has 1 atom stereocenters. The van der Waals surface area contributed by atoms with Crippen molar-refractivity contribution in [3.05, 3.63) is 59.7 Å². The van der Waals surface area contributed by atoms with Crippen molar-refractivity contribution >= 4 is 11.8 Å². The van der Waals surface area contributed by atoms with Crippen LogP contribution in [-0.2, 0) is 11.2 Å². The molecule has 1 heterocycles. The molecular formula is C25H30N2O4. The van der Waals surface area contributed by atoms with Gasteiger partial charge in [0, 0.05) is 25.0 Å². The average Bonchev–Trinajstić information content (AvgIpc) is 3.62. The standard InChI is InChI=1S/C25H30N2O4/c1-30-21-8-4-6-18(14-21)15-24(28)27-13-5-7-19(16-27)17-31-23-10-3-2-9-22(23)25(29)26-20-11-12-20/h2-4,6,8-10,14,19-20H,5,7,11-13,15-17H2,1H3,(H,26,29). The first-order chi connectivity index (χ1) is 15.1. The number of piperidine rings is 1. The van der Waals surface area contributed by atoms with Crippen molar-refractivity contribution in [1.82, 2.24) is 10.2 Å². The molecule has 6 nitrogen and oxygen atoms in total. The number of likely N-dealkylation sites (tertiary alicyclic amines) is 1. The molecule has 1 aliphatic heterocycles. The molecule has 2 amide bonds. The highest BCUT2D eigenvalue weighted by atomic mass is 16.5. The van der Waals surface area contributed by atoms with Gasteiger partial charge in [0.1, 0.15) is 11.5 Å². The summed E-state index contributed by atoms with van der Waals surface area (Å²) in [7, 11) is 1.63. The first kappa shape index (κ1) is 21.2. The van der Waals surface area contributed by atoms with Gasteiger partial charge in [-0.2, -0.15) is 0 Å². The summed E-state index contributed by atoms with van der Waals surface area (Å²) >= 11 is 0. The Balaban J connectivity index is 1.32. The van der Waals surface area contributed by atoms with Gasteiger partial charge >= 0.3 is 0 Å². The Labute approximate surface area is 183 Å². The first-order valence-corrected chi connectivity index (χ1v) is 11.1. The topological polar surface area (TPSA) is 67.9 Å². The summed E-state index contributed by atoms with van der Waals surface area (Å²) in [4.78, 5) is 27.2. The molecule has 2 fully saturated rings. The fourth-order valence-electron chi connectivity index (χ4n) is 3.98. The predicted octanol–water partition coefficient (Wildman–Crippen LogP) is 3.45. The normalized spacial score (nSPS) is 18.4. The van der Waals surface area contributed by atoms with Crippen LogP contribution in [0.3, 0.4) is 0 Å². The van der Waals surface area contributed by atoms with Gasteiger partial charge in [0.25, 0.3) is 5.91 Å². The maximum Gasteiger partial charge on any atom is 0.255 e. The molecule has 0 radical (unpaired) electrons. The van der Waals surface area contributed by atoms with Crippen molar-refractivity contribution in [2.45, 2.75) is 38.1 Å². The van der Waals surface area contributed by atoms with Gasteiger partial charge in [-0.25, -0.2) is 0 Å². The number of para-hydroxylation sites is 1. The number of carbonyl (C=O) groups is 2. The summed E-state index contributed by atoms with van der Waals surface area (Å²) in [5.41, 5.74) is 1.54. The van der Waals surface area contributed by atoms with E-state index in [1.54, 1.807) is 13.2 Å². The van der Waals surface area contributed by atoms with E-state index >= 15 is 0 Å². The number of nitrogens with zero attached hydrogens (tertiary/aromatic N) is 1. The quantitative estimate of drug-likeness (QED) is 0.708. The monoisotopic (exact) mass is 422 g/mol. The van der Waals surface area contributed by atoms with Gasteiger partial charge in [0.15, 0.2) is 0 Å². The van der Waals surface area contributed by atoms with E-state index in [1.807, 2.05) is 47.4 Å². The number of nitrogens with one attached hydrogen (secondary N) is 1. The second kappa shape index (κ2) is 9.86. The largest absolute Gasteiger partial charge is 0.497 e. The highest BCUT2D eigenvalue weighted by Crippen LogP contribution is 2.25. The summed E-state index contributed by atoms with van der Waals surface area (Å²) in [6, 6.07) is 15.3. The van der Waals surface area contributed by atoms with Crippen LogP contribution in [0.2, 0.25) is 0 Å². The second-order valence-electron chi connectivity index (χ2n) is 8.43. The molecule has 1 aliphatic carbocycles. The van der Waals surface area contributed by atoms with Crippen molar-refractivity contribution in [2.24, 2.45) is 5.92 Å². The maximum absolute atomic E-state index is 12.8. The smallest absolute Gasteiger partial charge is 0.255 e. The van der Waals surface area contributed by atoms with E-state index in [9.17, 15) is 9.59 Å². The zero-order valence-electron chi connectivity index (χ0n) is 18.0. The third-order valence-electron chi connectivity index (χ3n) is 5.88. The molecule has 31 heavy (non-hydrogen) atoms. The number of amides is 2. The van der Waals surface area contributed by atoms with Crippen LogP contribution in [0.15, 0.2) is 48.5 Å². The van der Waals surface area contributed by atoms with Crippen LogP contribution < -0.4 is 14.8 Å². The summed E-state index contributed by atoms with van der Waals surface area (Å²) in [6.07, 6.45) is 4.45. The molecule has 6 heteroatoms. The summed E-state index contributed by atoms with van der Waals surface area (Å²) in [5, 5.41) is 3.02. The number of hydrogen-bond donors (Lipinski definition) is 1. The molecule has 4 rings (SSSR count). The van der Waals surface area contributed by atoms with E-state index in [0.717, 1.165) is 43.5 Å². The number of carbonyl (C=O) groups excluding carboxylic acids is 2. The zero-order valence-corrected chi connectivity index (χ0v) is 18.0. The van der Waals surface area contributed by atoms with Crippen LogP contribution in [0.1, 0.15) is 41.6 Å². The third kappa shape index (κ3) is 5.78. The van der Waals surface area contributed by atoms with Crippen LogP contribution in [0, 0.1) is 5.92 Å². The number of rotatable bonds is 8. The lowest BCUT2D eigenvalue weighted by molar-refractivity contribution is -0.132. The van der Waals surface area contributed by atoms with Crippen LogP contribution in [0.4, 0.5) is 0 Å². The van der Waals surface area contributed by atoms with Crippen molar-refractivity contribution in [3.8, 4) is 11.5 Å². The SMILES string of the molecule is COc1cccc(CC(=O)N2CCCC(COc3ccccc3C(=O)NC3CC3)C2)c1. The first-order valence-electron chi connectivity index (χ1n) is 11.1. The second-order valence-corrected chi connectivity index (χ2v) is 8.43. The van der Waals surface area contributed by atoms with Gasteiger partial charge in [0.2, 0.25) is 5.91 Å².